The van der Waals surface area contributed by atoms with Crippen molar-refractivity contribution in [3.8, 4) is 0 Å². The maximum absolute atomic E-state index is 6.13. The highest BCUT2D eigenvalue weighted by atomic mass is 35.5. The molecular formula is C16H25Cl2N2+. The average Bonchev–Trinajstić information content (AvgIpc) is 2.69. The molecule has 20 heavy (non-hydrogen) atoms. The Bertz CT molecular complexity index is 442. The van der Waals surface area contributed by atoms with Crippen LogP contribution in [0, 0.1) is 11.8 Å². The predicted molar refractivity (Wildman–Crippen MR) is 87.0 cm³/mol. The minimum absolute atomic E-state index is 0.656. The lowest BCUT2D eigenvalue weighted by Gasteiger charge is -2.36. The quantitative estimate of drug-likeness (QED) is 0.818. The van der Waals surface area contributed by atoms with Gasteiger partial charge in [0, 0.05) is 40.4 Å². The molecule has 1 fully saturated rings. The van der Waals surface area contributed by atoms with Crippen LogP contribution in [0.5, 0.6) is 0 Å². The first kappa shape index (κ1) is 16.1. The van der Waals surface area contributed by atoms with E-state index in [2.05, 4.69) is 13.8 Å². The first-order valence-electron chi connectivity index (χ1n) is 7.42. The molecule has 2 atom stereocenters. The van der Waals surface area contributed by atoms with Gasteiger partial charge in [-0.3, -0.25) is 0 Å². The van der Waals surface area contributed by atoms with Crippen molar-refractivity contribution in [3.05, 3.63) is 33.8 Å². The summed E-state index contributed by atoms with van der Waals surface area (Å²) >= 11 is 12.3. The predicted octanol–water partition coefficient (Wildman–Crippen LogP) is 3.94. The van der Waals surface area contributed by atoms with Crippen molar-refractivity contribution in [2.75, 3.05) is 26.2 Å². The van der Waals surface area contributed by atoms with Crippen LogP contribution in [0.4, 0.5) is 0 Å². The Morgan fingerprint density at radius 3 is 2.40 bits per heavy atom. The Kier molecular flexibility index (Phi) is 5.36. The zero-order chi connectivity index (χ0) is 14.8. The number of hydrogen-bond acceptors (Lipinski definition) is 1. The monoisotopic (exact) mass is 315 g/mol. The van der Waals surface area contributed by atoms with E-state index in [0.717, 1.165) is 27.6 Å². The zero-order valence-electron chi connectivity index (χ0n) is 12.4. The Labute approximate surface area is 132 Å². The number of nitrogens with zero attached hydrogens (tertiary/aromatic N) is 1. The van der Waals surface area contributed by atoms with Gasteiger partial charge >= 0.3 is 0 Å². The Morgan fingerprint density at radius 1 is 1.25 bits per heavy atom. The van der Waals surface area contributed by atoms with Crippen molar-refractivity contribution in [3.63, 3.8) is 0 Å². The number of rotatable bonds is 5. The Hall–Kier alpha value is -0.280. The fourth-order valence-electron chi connectivity index (χ4n) is 3.62. The van der Waals surface area contributed by atoms with Gasteiger partial charge in [-0.1, -0.05) is 37.0 Å². The number of halogens is 2. The third-order valence-corrected chi connectivity index (χ3v) is 4.62. The second-order valence-electron chi connectivity index (χ2n) is 6.65. The van der Waals surface area contributed by atoms with Crippen molar-refractivity contribution >= 4 is 23.2 Å². The molecule has 1 saturated heterocycles. The van der Waals surface area contributed by atoms with E-state index < -0.39 is 0 Å². The number of hydrogen-bond donors (Lipinski definition) is 1. The maximum atomic E-state index is 6.13. The van der Waals surface area contributed by atoms with Crippen LogP contribution in [-0.2, 0) is 6.54 Å². The van der Waals surface area contributed by atoms with Crippen molar-refractivity contribution in [2.45, 2.75) is 26.8 Å². The van der Waals surface area contributed by atoms with E-state index in [1.165, 1.54) is 31.6 Å². The van der Waals surface area contributed by atoms with Gasteiger partial charge in [0.05, 0.1) is 19.6 Å². The lowest BCUT2D eigenvalue weighted by atomic mass is 10.1. The molecule has 0 radical (unpaired) electrons. The van der Waals surface area contributed by atoms with E-state index >= 15 is 0 Å². The van der Waals surface area contributed by atoms with Crippen LogP contribution < -0.4 is 5.73 Å². The van der Waals surface area contributed by atoms with E-state index in [0.29, 0.717) is 11.8 Å². The molecule has 2 N–H and O–H groups in total. The van der Waals surface area contributed by atoms with Gasteiger partial charge in [-0.2, -0.15) is 0 Å². The molecule has 0 saturated carbocycles. The summed E-state index contributed by atoms with van der Waals surface area (Å²) < 4.78 is 1.12. The molecule has 1 aliphatic rings. The van der Waals surface area contributed by atoms with Gasteiger partial charge in [-0.25, -0.2) is 0 Å². The molecule has 0 spiro atoms. The molecule has 0 amide bonds. The van der Waals surface area contributed by atoms with E-state index in [4.69, 9.17) is 28.9 Å². The number of quaternary nitrogens is 1. The lowest BCUT2D eigenvalue weighted by molar-refractivity contribution is -0.933. The molecule has 1 unspecified atom stereocenters. The third kappa shape index (κ3) is 4.11. The standard InChI is InChI=1S/C16H25Cl2N2/c1-12(2)9-20(4-3-13(8-19)10-20)11-14-5-15(17)7-16(18)6-14/h5-7,12-13H,3-4,8-11,19H2,1-2H3/q+1/t13-,20?/m1/s1. The van der Waals surface area contributed by atoms with E-state index in [-0.39, 0.29) is 0 Å². The first-order valence-corrected chi connectivity index (χ1v) is 8.18. The molecule has 2 rings (SSSR count). The van der Waals surface area contributed by atoms with E-state index in [1.807, 2.05) is 12.1 Å². The molecule has 4 heteroatoms. The summed E-state index contributed by atoms with van der Waals surface area (Å²) in [6.45, 7) is 9.98. The topological polar surface area (TPSA) is 26.0 Å². The molecule has 1 heterocycles. The molecule has 2 nitrogen and oxygen atoms in total. The first-order chi connectivity index (χ1) is 9.42. The van der Waals surface area contributed by atoms with Crippen molar-refractivity contribution < 1.29 is 4.48 Å². The van der Waals surface area contributed by atoms with Gasteiger partial charge in [0.2, 0.25) is 0 Å². The number of likely N-dealkylation sites (tertiary alicyclic amines) is 1. The molecular weight excluding hydrogens is 291 g/mol. The van der Waals surface area contributed by atoms with Crippen LogP contribution >= 0.6 is 23.2 Å². The van der Waals surface area contributed by atoms with Crippen LogP contribution in [0.25, 0.3) is 0 Å². The normalized spacial score (nSPS) is 26.4. The summed E-state index contributed by atoms with van der Waals surface area (Å²) in [4.78, 5) is 0. The van der Waals surface area contributed by atoms with Crippen LogP contribution in [-0.4, -0.2) is 30.7 Å². The molecule has 1 aliphatic heterocycles. The molecule has 1 aromatic rings. The largest absolute Gasteiger partial charge is 0.330 e. The second-order valence-corrected chi connectivity index (χ2v) is 7.52. The van der Waals surface area contributed by atoms with E-state index in [1.54, 1.807) is 6.07 Å². The van der Waals surface area contributed by atoms with Gasteiger partial charge < -0.3 is 10.2 Å². The van der Waals surface area contributed by atoms with Gasteiger partial charge in [-0.05, 0) is 18.2 Å². The summed E-state index contributed by atoms with van der Waals surface area (Å²) in [6, 6.07) is 5.89. The van der Waals surface area contributed by atoms with Gasteiger partial charge in [-0.15, -0.1) is 0 Å². The molecule has 0 aliphatic carbocycles. The second kappa shape index (κ2) is 6.65. The molecule has 0 bridgehead atoms. The zero-order valence-corrected chi connectivity index (χ0v) is 13.9. The molecule has 0 aromatic heterocycles. The molecule has 1 aromatic carbocycles. The minimum Gasteiger partial charge on any atom is -0.330 e. The highest BCUT2D eigenvalue weighted by Crippen LogP contribution is 2.30. The van der Waals surface area contributed by atoms with Crippen LogP contribution in [0.1, 0.15) is 25.8 Å². The van der Waals surface area contributed by atoms with Crippen LogP contribution in [0.2, 0.25) is 10.0 Å². The Balaban J connectivity index is 2.19. The third-order valence-electron chi connectivity index (χ3n) is 4.18. The smallest absolute Gasteiger partial charge is 0.104 e. The highest BCUT2D eigenvalue weighted by Gasteiger charge is 2.38. The van der Waals surface area contributed by atoms with Crippen molar-refractivity contribution in [1.29, 1.82) is 0 Å². The average molecular weight is 316 g/mol. The fraction of sp³-hybridized carbons (Fsp3) is 0.625. The summed E-state index contributed by atoms with van der Waals surface area (Å²) in [5.41, 5.74) is 7.11. The number of benzene rings is 1. The Morgan fingerprint density at radius 2 is 1.90 bits per heavy atom. The maximum Gasteiger partial charge on any atom is 0.104 e. The SMILES string of the molecule is CC(C)C[N+]1(Cc2cc(Cl)cc(Cl)c2)CC[C@H](CN)C1. The minimum atomic E-state index is 0.656. The highest BCUT2D eigenvalue weighted by molar-refractivity contribution is 6.34. The van der Waals surface area contributed by atoms with Gasteiger partial charge in [0.15, 0.2) is 0 Å². The van der Waals surface area contributed by atoms with Crippen LogP contribution in [0.3, 0.4) is 0 Å². The van der Waals surface area contributed by atoms with Crippen LogP contribution in [0.15, 0.2) is 18.2 Å². The molecule has 112 valence electrons. The summed E-state index contributed by atoms with van der Waals surface area (Å²) in [6.07, 6.45) is 1.23. The van der Waals surface area contributed by atoms with Crippen molar-refractivity contribution in [2.24, 2.45) is 17.6 Å². The summed E-state index contributed by atoms with van der Waals surface area (Å²) in [5.74, 6) is 1.34. The van der Waals surface area contributed by atoms with Crippen molar-refractivity contribution in [1.82, 2.24) is 0 Å². The van der Waals surface area contributed by atoms with E-state index in [9.17, 15) is 0 Å². The van der Waals surface area contributed by atoms with Gasteiger partial charge in [0.25, 0.3) is 0 Å². The fourth-order valence-corrected chi connectivity index (χ4v) is 4.19. The lowest BCUT2D eigenvalue weighted by Crippen LogP contribution is -2.48. The summed E-state index contributed by atoms with van der Waals surface area (Å²) in [5, 5.41) is 1.45. The number of nitrogens with two attached hydrogens (primary N) is 1. The summed E-state index contributed by atoms with van der Waals surface area (Å²) in [7, 11) is 0. The van der Waals surface area contributed by atoms with Gasteiger partial charge in [0.1, 0.15) is 6.54 Å².